The number of amides is 1. The van der Waals surface area contributed by atoms with E-state index in [9.17, 15) is 9.18 Å². The Bertz CT molecular complexity index is 1220. The molecule has 3 aromatic rings. The molecule has 2 aliphatic heterocycles. The van der Waals surface area contributed by atoms with Crippen molar-refractivity contribution in [3.05, 3.63) is 95.8 Å². The van der Waals surface area contributed by atoms with E-state index in [2.05, 4.69) is 42.2 Å². The zero-order valence-corrected chi connectivity index (χ0v) is 20.3. The highest BCUT2D eigenvalue weighted by molar-refractivity contribution is 6.22. The molecule has 180 valence electrons. The van der Waals surface area contributed by atoms with Crippen molar-refractivity contribution in [1.82, 2.24) is 4.90 Å². The van der Waals surface area contributed by atoms with Gasteiger partial charge in [0.15, 0.2) is 0 Å². The lowest BCUT2D eigenvalue weighted by Gasteiger charge is -2.45. The average molecular weight is 470 g/mol. The van der Waals surface area contributed by atoms with E-state index >= 15 is 0 Å². The van der Waals surface area contributed by atoms with Crippen molar-refractivity contribution >= 4 is 23.0 Å². The van der Waals surface area contributed by atoms with Gasteiger partial charge < -0.3 is 4.90 Å². The Morgan fingerprint density at radius 1 is 0.943 bits per heavy atom. The number of aryl methyl sites for hydroxylation is 1. The Labute approximate surface area is 207 Å². The van der Waals surface area contributed by atoms with Gasteiger partial charge in [0, 0.05) is 25.3 Å². The first-order chi connectivity index (χ1) is 17.1. The number of aliphatic imine (C=N–C) groups is 1. The van der Waals surface area contributed by atoms with Gasteiger partial charge in [0.2, 0.25) is 5.91 Å². The third-order valence-electron chi connectivity index (χ3n) is 7.30. The van der Waals surface area contributed by atoms with Crippen LogP contribution >= 0.6 is 0 Å². The van der Waals surface area contributed by atoms with Crippen molar-refractivity contribution in [1.29, 1.82) is 0 Å². The summed E-state index contributed by atoms with van der Waals surface area (Å²) in [6.07, 6.45) is 3.81. The number of carbonyl (C=O) groups excluding carboxylic acids is 1. The van der Waals surface area contributed by atoms with E-state index in [1.807, 2.05) is 35.2 Å². The molecule has 0 radical (unpaired) electrons. The van der Waals surface area contributed by atoms with Crippen LogP contribution in [0.4, 0.5) is 15.8 Å². The number of likely N-dealkylation sites (tertiary alicyclic amines) is 1. The van der Waals surface area contributed by atoms with Crippen LogP contribution in [-0.4, -0.2) is 35.1 Å². The van der Waals surface area contributed by atoms with Gasteiger partial charge in [0.1, 0.15) is 5.82 Å². The molecule has 0 saturated carbocycles. The van der Waals surface area contributed by atoms with Crippen molar-refractivity contribution in [3.8, 4) is 0 Å². The molecule has 0 N–H and O–H groups in total. The number of para-hydroxylation sites is 1. The fourth-order valence-electron chi connectivity index (χ4n) is 5.59. The summed E-state index contributed by atoms with van der Waals surface area (Å²) in [6.45, 7) is 4.75. The summed E-state index contributed by atoms with van der Waals surface area (Å²) >= 11 is 0. The van der Waals surface area contributed by atoms with Crippen LogP contribution in [-0.2, 0) is 17.8 Å². The predicted molar refractivity (Wildman–Crippen MR) is 140 cm³/mol. The van der Waals surface area contributed by atoms with E-state index in [0.29, 0.717) is 5.69 Å². The highest BCUT2D eigenvalue weighted by Gasteiger charge is 2.52. The highest BCUT2D eigenvalue weighted by atomic mass is 19.1. The first-order valence-corrected chi connectivity index (χ1v) is 12.6. The van der Waals surface area contributed by atoms with Crippen LogP contribution in [0, 0.1) is 5.82 Å². The fraction of sp³-hybridized carbons (Fsp3) is 0.333. The molecule has 2 fully saturated rings. The highest BCUT2D eigenvalue weighted by Crippen LogP contribution is 2.42. The van der Waals surface area contributed by atoms with Crippen molar-refractivity contribution in [2.45, 2.75) is 51.1 Å². The number of carbonyl (C=O) groups is 1. The second kappa shape index (κ2) is 10.1. The first-order valence-electron chi connectivity index (χ1n) is 12.6. The zero-order chi connectivity index (χ0) is 24.3. The van der Waals surface area contributed by atoms with E-state index in [4.69, 9.17) is 4.99 Å². The number of hydrogen-bond donors (Lipinski definition) is 0. The van der Waals surface area contributed by atoms with Gasteiger partial charge in [-0.05, 0) is 54.7 Å². The van der Waals surface area contributed by atoms with Crippen LogP contribution in [0.3, 0.4) is 0 Å². The van der Waals surface area contributed by atoms with Crippen molar-refractivity contribution in [3.63, 3.8) is 0 Å². The number of piperidine rings is 1. The molecule has 0 bridgehead atoms. The lowest BCUT2D eigenvalue weighted by molar-refractivity contribution is -0.117. The molecule has 0 atom stereocenters. The summed E-state index contributed by atoms with van der Waals surface area (Å²) in [5, 5.41) is 0. The number of rotatable bonds is 6. The molecule has 2 saturated heterocycles. The van der Waals surface area contributed by atoms with Gasteiger partial charge in [0.05, 0.1) is 23.4 Å². The van der Waals surface area contributed by atoms with Crippen molar-refractivity contribution in [2.24, 2.45) is 4.99 Å². The minimum absolute atomic E-state index is 0.00108. The van der Waals surface area contributed by atoms with E-state index in [1.165, 1.54) is 23.3 Å². The van der Waals surface area contributed by atoms with Crippen LogP contribution in [0.15, 0.2) is 83.9 Å². The summed E-state index contributed by atoms with van der Waals surface area (Å²) in [5.74, 6) is -0.329. The Balaban J connectivity index is 1.51. The molecule has 0 aromatic heterocycles. The van der Waals surface area contributed by atoms with Crippen LogP contribution in [0.1, 0.15) is 43.7 Å². The molecule has 2 heterocycles. The quantitative estimate of drug-likeness (QED) is 0.423. The van der Waals surface area contributed by atoms with E-state index in [0.717, 1.165) is 56.7 Å². The summed E-state index contributed by atoms with van der Waals surface area (Å²) in [5.41, 5.74) is 4.45. The smallest absolute Gasteiger partial charge is 0.233 e. The Morgan fingerprint density at radius 3 is 2.43 bits per heavy atom. The van der Waals surface area contributed by atoms with Gasteiger partial charge in [-0.1, -0.05) is 67.9 Å². The molecule has 5 rings (SSSR count). The maximum absolute atomic E-state index is 14.2. The molecule has 0 aliphatic carbocycles. The molecule has 1 amide bonds. The molecule has 0 unspecified atom stereocenters. The number of nitrogens with zero attached hydrogens (tertiary/aromatic N) is 3. The SMILES string of the molecule is CCCc1ccccc1N=C1CC(=O)N(c2cccc(F)c2)C12CCN(Cc1ccccc1)CC2. The van der Waals surface area contributed by atoms with Gasteiger partial charge in [-0.2, -0.15) is 0 Å². The third-order valence-corrected chi connectivity index (χ3v) is 7.30. The molecular formula is C30H32FN3O. The third kappa shape index (κ3) is 4.78. The van der Waals surface area contributed by atoms with Gasteiger partial charge >= 0.3 is 0 Å². The summed E-state index contributed by atoms with van der Waals surface area (Å²) in [4.78, 5) is 22.9. The Kier molecular flexibility index (Phi) is 6.78. The maximum atomic E-state index is 14.2. The topological polar surface area (TPSA) is 35.9 Å². The Hall–Kier alpha value is -3.31. The number of anilines is 1. The standard InChI is InChI=1S/C30H32FN3O/c1-2-9-24-12-6-7-15-27(24)32-28-21-29(35)34(26-14-8-13-25(31)20-26)30(28)16-18-33(19-17-30)22-23-10-4-3-5-11-23/h3-8,10-15,20H,2,9,16-19,21-22H2,1H3. The van der Waals surface area contributed by atoms with Gasteiger partial charge in [-0.3, -0.25) is 14.7 Å². The molecular weight excluding hydrogens is 437 g/mol. The maximum Gasteiger partial charge on any atom is 0.233 e. The van der Waals surface area contributed by atoms with Crippen LogP contribution in [0.25, 0.3) is 0 Å². The van der Waals surface area contributed by atoms with Gasteiger partial charge in [-0.25, -0.2) is 4.39 Å². The lowest BCUT2D eigenvalue weighted by atomic mass is 9.82. The lowest BCUT2D eigenvalue weighted by Crippen LogP contribution is -2.56. The molecule has 5 heteroatoms. The van der Waals surface area contributed by atoms with Gasteiger partial charge in [-0.15, -0.1) is 0 Å². The van der Waals surface area contributed by atoms with Crippen molar-refractivity contribution in [2.75, 3.05) is 18.0 Å². The largest absolute Gasteiger partial charge is 0.300 e. The molecule has 3 aromatic carbocycles. The molecule has 1 spiro atoms. The molecule has 2 aliphatic rings. The van der Waals surface area contributed by atoms with Crippen LogP contribution in [0.2, 0.25) is 0 Å². The second-order valence-corrected chi connectivity index (χ2v) is 9.62. The van der Waals surface area contributed by atoms with Gasteiger partial charge in [0.25, 0.3) is 0 Å². The van der Waals surface area contributed by atoms with Crippen molar-refractivity contribution < 1.29 is 9.18 Å². The average Bonchev–Trinajstić information content (AvgIpc) is 3.13. The normalized spacial score (nSPS) is 19.1. The van der Waals surface area contributed by atoms with E-state index in [1.54, 1.807) is 6.07 Å². The molecule has 4 nitrogen and oxygen atoms in total. The monoisotopic (exact) mass is 469 g/mol. The van der Waals surface area contributed by atoms with Crippen LogP contribution in [0.5, 0.6) is 0 Å². The molecule has 35 heavy (non-hydrogen) atoms. The number of hydrogen-bond acceptors (Lipinski definition) is 3. The number of halogens is 1. The Morgan fingerprint density at radius 2 is 1.69 bits per heavy atom. The zero-order valence-electron chi connectivity index (χ0n) is 20.3. The van der Waals surface area contributed by atoms with E-state index < -0.39 is 5.54 Å². The summed E-state index contributed by atoms with van der Waals surface area (Å²) < 4.78 is 14.2. The second-order valence-electron chi connectivity index (χ2n) is 9.62. The minimum atomic E-state index is -0.530. The first kappa shape index (κ1) is 23.4. The van der Waals surface area contributed by atoms with Crippen LogP contribution < -0.4 is 4.90 Å². The fourth-order valence-corrected chi connectivity index (χ4v) is 5.59. The minimum Gasteiger partial charge on any atom is -0.300 e. The predicted octanol–water partition coefficient (Wildman–Crippen LogP) is 6.32. The number of benzene rings is 3. The summed E-state index contributed by atoms with van der Waals surface area (Å²) in [7, 11) is 0. The summed E-state index contributed by atoms with van der Waals surface area (Å²) in [6, 6.07) is 25.1. The van der Waals surface area contributed by atoms with E-state index in [-0.39, 0.29) is 18.1 Å².